The molecule has 4 nitrogen and oxygen atoms in total. The van der Waals surface area contributed by atoms with Crippen LogP contribution in [0.2, 0.25) is 10.0 Å². The number of nitrogens with one attached hydrogen (secondary N) is 1. The fourth-order valence-corrected chi connectivity index (χ4v) is 3.42. The van der Waals surface area contributed by atoms with Gasteiger partial charge in [-0.1, -0.05) is 35.3 Å². The zero-order valence-electron chi connectivity index (χ0n) is 10.3. The molecule has 0 saturated heterocycles. The molecule has 20 heavy (non-hydrogen) atoms. The highest BCUT2D eigenvalue weighted by Gasteiger charge is 2.18. The molecule has 0 saturated carbocycles. The van der Waals surface area contributed by atoms with Crippen molar-refractivity contribution in [1.82, 2.24) is 4.72 Å². The predicted molar refractivity (Wildman–Crippen MR) is 81.3 cm³/mol. The molecule has 0 fully saturated rings. The van der Waals surface area contributed by atoms with Gasteiger partial charge in [0.1, 0.15) is 4.90 Å². The van der Waals surface area contributed by atoms with Crippen molar-refractivity contribution in [2.45, 2.75) is 11.4 Å². The third kappa shape index (κ3) is 3.64. The smallest absolute Gasteiger partial charge is 0.242 e. The summed E-state index contributed by atoms with van der Waals surface area (Å²) in [4.78, 5) is -0.0458. The summed E-state index contributed by atoms with van der Waals surface area (Å²) in [7, 11) is -3.73. The van der Waals surface area contributed by atoms with Crippen molar-refractivity contribution >= 4 is 38.9 Å². The molecule has 3 N–H and O–H groups in total. The highest BCUT2D eigenvalue weighted by atomic mass is 35.5. The number of nitrogen functional groups attached to an aromatic ring is 1. The highest BCUT2D eigenvalue weighted by Crippen LogP contribution is 2.25. The third-order valence-corrected chi connectivity index (χ3v) is 4.72. The Morgan fingerprint density at radius 3 is 2.55 bits per heavy atom. The predicted octanol–water partition coefficient (Wildman–Crippen LogP) is 3.05. The van der Waals surface area contributed by atoms with Crippen molar-refractivity contribution in [3.05, 3.63) is 58.1 Å². The lowest BCUT2D eigenvalue weighted by Crippen LogP contribution is -2.23. The molecule has 2 aromatic carbocycles. The molecule has 0 spiro atoms. The van der Waals surface area contributed by atoms with E-state index in [9.17, 15) is 8.42 Å². The third-order valence-electron chi connectivity index (χ3n) is 2.60. The Bertz CT molecular complexity index is 733. The molecular formula is C13H12Cl2N2O2S. The van der Waals surface area contributed by atoms with Crippen LogP contribution in [0.1, 0.15) is 5.56 Å². The minimum atomic E-state index is -3.73. The van der Waals surface area contributed by atoms with Gasteiger partial charge in [-0.15, -0.1) is 0 Å². The number of benzene rings is 2. The summed E-state index contributed by atoms with van der Waals surface area (Å²) in [5.74, 6) is 0. The van der Waals surface area contributed by atoms with E-state index >= 15 is 0 Å². The van der Waals surface area contributed by atoms with E-state index in [-0.39, 0.29) is 16.5 Å². The number of anilines is 1. The largest absolute Gasteiger partial charge is 0.399 e. The second kappa shape index (κ2) is 6.01. The molecule has 2 aromatic rings. The van der Waals surface area contributed by atoms with Crippen LogP contribution >= 0.6 is 23.2 Å². The first-order chi connectivity index (χ1) is 9.38. The Balaban J connectivity index is 2.21. The Labute approximate surface area is 127 Å². The van der Waals surface area contributed by atoms with Gasteiger partial charge in [-0.05, 0) is 35.9 Å². The van der Waals surface area contributed by atoms with Gasteiger partial charge in [-0.2, -0.15) is 0 Å². The second-order valence-electron chi connectivity index (χ2n) is 4.14. The number of hydrogen-bond donors (Lipinski definition) is 2. The first-order valence-corrected chi connectivity index (χ1v) is 7.91. The molecule has 0 radical (unpaired) electrons. The van der Waals surface area contributed by atoms with Crippen LogP contribution in [0.25, 0.3) is 0 Å². The first-order valence-electron chi connectivity index (χ1n) is 5.67. The number of sulfonamides is 1. The van der Waals surface area contributed by atoms with Crippen LogP contribution in [-0.4, -0.2) is 8.42 Å². The Morgan fingerprint density at radius 2 is 1.85 bits per heavy atom. The van der Waals surface area contributed by atoms with Crippen LogP contribution in [-0.2, 0) is 16.6 Å². The van der Waals surface area contributed by atoms with E-state index < -0.39 is 10.0 Å². The van der Waals surface area contributed by atoms with Crippen molar-refractivity contribution in [3.63, 3.8) is 0 Å². The van der Waals surface area contributed by atoms with Crippen LogP contribution in [0.15, 0.2) is 47.4 Å². The summed E-state index contributed by atoms with van der Waals surface area (Å²) in [5.41, 5.74) is 6.97. The van der Waals surface area contributed by atoms with Gasteiger partial charge in [-0.3, -0.25) is 0 Å². The fourth-order valence-electron chi connectivity index (χ4n) is 1.64. The number of halogens is 2. The fraction of sp³-hybridized carbons (Fsp3) is 0.0769. The van der Waals surface area contributed by atoms with E-state index in [0.29, 0.717) is 10.7 Å². The Hall–Kier alpha value is -1.27. The van der Waals surface area contributed by atoms with Gasteiger partial charge >= 0.3 is 0 Å². The molecule has 0 amide bonds. The molecule has 0 atom stereocenters. The lowest BCUT2D eigenvalue weighted by atomic mass is 10.2. The summed E-state index contributed by atoms with van der Waals surface area (Å²) >= 11 is 11.7. The van der Waals surface area contributed by atoms with Gasteiger partial charge in [-0.25, -0.2) is 13.1 Å². The van der Waals surface area contributed by atoms with Crippen molar-refractivity contribution < 1.29 is 8.42 Å². The van der Waals surface area contributed by atoms with E-state index in [4.69, 9.17) is 28.9 Å². The molecular weight excluding hydrogens is 319 g/mol. The monoisotopic (exact) mass is 330 g/mol. The maximum atomic E-state index is 12.2. The molecule has 0 aromatic heterocycles. The van der Waals surface area contributed by atoms with E-state index in [2.05, 4.69) is 4.72 Å². The minimum absolute atomic E-state index is 0.0458. The number of nitrogens with two attached hydrogens (primary N) is 1. The van der Waals surface area contributed by atoms with Crippen molar-refractivity contribution in [3.8, 4) is 0 Å². The number of hydrogen-bond acceptors (Lipinski definition) is 3. The van der Waals surface area contributed by atoms with E-state index in [0.717, 1.165) is 5.56 Å². The van der Waals surface area contributed by atoms with Crippen LogP contribution < -0.4 is 10.5 Å². The summed E-state index contributed by atoms with van der Waals surface area (Å²) in [5, 5.41) is 0.424. The van der Waals surface area contributed by atoms with Crippen molar-refractivity contribution in [1.29, 1.82) is 0 Å². The lowest BCUT2D eigenvalue weighted by Gasteiger charge is -2.09. The zero-order valence-corrected chi connectivity index (χ0v) is 12.6. The topological polar surface area (TPSA) is 72.2 Å². The Kier molecular flexibility index (Phi) is 4.55. The highest BCUT2D eigenvalue weighted by molar-refractivity contribution is 7.89. The molecule has 0 aliphatic heterocycles. The molecule has 2 rings (SSSR count). The maximum absolute atomic E-state index is 12.2. The first kappa shape index (κ1) is 15.1. The van der Waals surface area contributed by atoms with Crippen LogP contribution in [0.4, 0.5) is 5.69 Å². The van der Waals surface area contributed by atoms with Gasteiger partial charge in [0.2, 0.25) is 10.0 Å². The van der Waals surface area contributed by atoms with Crippen LogP contribution in [0.3, 0.4) is 0 Å². The Morgan fingerprint density at radius 1 is 1.10 bits per heavy atom. The summed E-state index contributed by atoms with van der Waals surface area (Å²) < 4.78 is 26.8. The second-order valence-corrected chi connectivity index (χ2v) is 6.72. The average molecular weight is 331 g/mol. The van der Waals surface area contributed by atoms with Gasteiger partial charge in [0.05, 0.1) is 5.02 Å². The molecule has 106 valence electrons. The lowest BCUT2D eigenvalue weighted by molar-refractivity contribution is 0.581. The molecule has 0 unspecified atom stereocenters. The summed E-state index contributed by atoms with van der Waals surface area (Å²) in [6.07, 6.45) is 0. The standard InChI is InChI=1S/C13H12Cl2N2O2S/c14-10-4-5-12(15)13(7-10)20(18,19)17-8-9-2-1-3-11(16)6-9/h1-7,17H,8,16H2. The molecule has 0 aliphatic carbocycles. The van der Waals surface area contributed by atoms with Gasteiger partial charge in [0.25, 0.3) is 0 Å². The molecule has 0 heterocycles. The quantitative estimate of drug-likeness (QED) is 0.846. The molecule has 0 aliphatic rings. The normalized spacial score (nSPS) is 11.5. The summed E-state index contributed by atoms with van der Waals surface area (Å²) in [6, 6.07) is 11.2. The van der Waals surface area contributed by atoms with E-state index in [1.165, 1.54) is 18.2 Å². The summed E-state index contributed by atoms with van der Waals surface area (Å²) in [6.45, 7) is 0.121. The van der Waals surface area contributed by atoms with Gasteiger partial charge in [0, 0.05) is 17.3 Å². The number of rotatable bonds is 4. The van der Waals surface area contributed by atoms with Crippen molar-refractivity contribution in [2.75, 3.05) is 5.73 Å². The van der Waals surface area contributed by atoms with Crippen LogP contribution in [0, 0.1) is 0 Å². The van der Waals surface area contributed by atoms with E-state index in [1.807, 2.05) is 0 Å². The minimum Gasteiger partial charge on any atom is -0.399 e. The van der Waals surface area contributed by atoms with Gasteiger partial charge < -0.3 is 5.73 Å². The van der Waals surface area contributed by atoms with Crippen LogP contribution in [0.5, 0.6) is 0 Å². The van der Waals surface area contributed by atoms with Gasteiger partial charge in [0.15, 0.2) is 0 Å². The zero-order chi connectivity index (χ0) is 14.8. The molecule has 0 bridgehead atoms. The molecule has 7 heteroatoms. The van der Waals surface area contributed by atoms with E-state index in [1.54, 1.807) is 24.3 Å². The average Bonchev–Trinajstić information content (AvgIpc) is 2.39. The maximum Gasteiger partial charge on any atom is 0.242 e. The SMILES string of the molecule is Nc1cccc(CNS(=O)(=O)c2cc(Cl)ccc2Cl)c1. The van der Waals surface area contributed by atoms with Crippen molar-refractivity contribution in [2.24, 2.45) is 0 Å².